The Balaban J connectivity index is 0.907. The summed E-state index contributed by atoms with van der Waals surface area (Å²) < 4.78 is 0. The number of likely N-dealkylation sites (tertiary alicyclic amines) is 2. The quantitative estimate of drug-likeness (QED) is 0.285. The second kappa shape index (κ2) is 14.5. The van der Waals surface area contributed by atoms with Gasteiger partial charge in [0.15, 0.2) is 0 Å². The standard InChI is InChI=1S/C47H67N3/c1-3-39-42-28-35(22-27-46(42)50(47(39)48)38-23-18-31(2)41(30-38)34-14-8-5-9-15-34)36-21-26-45-43(29-36)40-16-10-11-17-44(40)49(45)37-24-19-33(20-25-37)32-12-6-4-7-13-32/h4-6,8,12,14,19,24,28,33,36-40,42-47H,3,7,9-11,13,15-18,20-23,25-27,29-30,48H2,1-2H3. The van der Waals surface area contributed by atoms with Gasteiger partial charge in [0.25, 0.3) is 0 Å². The van der Waals surface area contributed by atoms with E-state index in [0.717, 1.165) is 29.8 Å². The Bertz CT molecular complexity index is 1490. The van der Waals surface area contributed by atoms with E-state index < -0.39 is 0 Å². The highest BCUT2D eigenvalue weighted by Crippen LogP contribution is 2.55. The number of allylic oxidation sites excluding steroid dienone is 11. The third kappa shape index (κ3) is 6.08. The van der Waals surface area contributed by atoms with Gasteiger partial charge < -0.3 is 5.73 Å². The molecule has 0 spiro atoms. The molecule has 2 saturated carbocycles. The van der Waals surface area contributed by atoms with Crippen LogP contribution in [0.1, 0.15) is 136 Å². The zero-order chi connectivity index (χ0) is 33.8. The lowest BCUT2D eigenvalue weighted by molar-refractivity contribution is 0.0899. The fraction of sp³-hybridized carbons (Fsp3) is 0.702. The molecule has 2 saturated heterocycles. The van der Waals surface area contributed by atoms with Crippen LogP contribution in [0.5, 0.6) is 0 Å². The van der Waals surface area contributed by atoms with E-state index in [9.17, 15) is 0 Å². The Kier molecular flexibility index (Phi) is 9.80. The van der Waals surface area contributed by atoms with Crippen LogP contribution in [-0.4, -0.2) is 46.2 Å². The lowest BCUT2D eigenvalue weighted by Crippen LogP contribution is -2.51. The molecule has 3 nitrogen and oxygen atoms in total. The Morgan fingerprint density at radius 3 is 2.36 bits per heavy atom. The monoisotopic (exact) mass is 674 g/mol. The van der Waals surface area contributed by atoms with Crippen LogP contribution < -0.4 is 5.73 Å². The molecule has 2 aliphatic heterocycles. The van der Waals surface area contributed by atoms with Gasteiger partial charge >= 0.3 is 0 Å². The molecule has 0 aromatic rings. The fourth-order valence-corrected chi connectivity index (χ4v) is 13.7. The van der Waals surface area contributed by atoms with Crippen molar-refractivity contribution in [2.45, 2.75) is 172 Å². The van der Waals surface area contributed by atoms with E-state index in [2.05, 4.69) is 78.3 Å². The molecule has 50 heavy (non-hydrogen) atoms. The summed E-state index contributed by atoms with van der Waals surface area (Å²) in [6.07, 6.45) is 48.0. The molecule has 0 radical (unpaired) electrons. The van der Waals surface area contributed by atoms with Crippen molar-refractivity contribution in [1.82, 2.24) is 9.80 Å². The van der Waals surface area contributed by atoms with Crippen LogP contribution in [0.25, 0.3) is 0 Å². The third-order valence-corrected chi connectivity index (χ3v) is 16.1. The van der Waals surface area contributed by atoms with E-state index in [4.69, 9.17) is 5.73 Å². The first-order valence-corrected chi connectivity index (χ1v) is 21.7. The van der Waals surface area contributed by atoms with Gasteiger partial charge in [0.1, 0.15) is 0 Å². The van der Waals surface area contributed by atoms with Crippen molar-refractivity contribution in [3.8, 4) is 0 Å². The average Bonchev–Trinajstić information content (AvgIpc) is 3.66. The summed E-state index contributed by atoms with van der Waals surface area (Å²) in [5.41, 5.74) is 15.8. The first-order valence-electron chi connectivity index (χ1n) is 21.7. The van der Waals surface area contributed by atoms with Crippen LogP contribution in [0, 0.1) is 35.5 Å². The largest absolute Gasteiger partial charge is 0.315 e. The number of hydrogen-bond donors (Lipinski definition) is 1. The number of nitrogens with two attached hydrogens (primary N) is 1. The first-order chi connectivity index (χ1) is 24.6. The molecule has 4 fully saturated rings. The van der Waals surface area contributed by atoms with Crippen molar-refractivity contribution < 1.29 is 0 Å². The topological polar surface area (TPSA) is 32.5 Å². The Labute approximate surface area is 305 Å². The maximum atomic E-state index is 7.32. The number of hydrogen-bond acceptors (Lipinski definition) is 3. The normalized spacial score (nSPS) is 43.6. The van der Waals surface area contributed by atoms with Gasteiger partial charge in [-0.25, -0.2) is 0 Å². The van der Waals surface area contributed by atoms with Crippen LogP contribution in [-0.2, 0) is 0 Å². The predicted molar refractivity (Wildman–Crippen MR) is 209 cm³/mol. The summed E-state index contributed by atoms with van der Waals surface area (Å²) >= 11 is 0. The van der Waals surface area contributed by atoms with Crippen molar-refractivity contribution in [2.24, 2.45) is 41.2 Å². The molecule has 7 aliphatic carbocycles. The second-order valence-electron chi connectivity index (χ2n) is 18.3. The highest BCUT2D eigenvalue weighted by Gasteiger charge is 2.54. The van der Waals surface area contributed by atoms with Crippen LogP contribution in [0.3, 0.4) is 0 Å². The van der Waals surface area contributed by atoms with Gasteiger partial charge in [0.05, 0.1) is 6.17 Å². The summed E-state index contributed by atoms with van der Waals surface area (Å²) in [5.74, 6) is 4.62. The van der Waals surface area contributed by atoms with Crippen LogP contribution in [0.4, 0.5) is 0 Å². The first kappa shape index (κ1) is 33.9. The molecule has 12 unspecified atom stereocenters. The molecule has 270 valence electrons. The second-order valence-corrected chi connectivity index (χ2v) is 18.3. The Morgan fingerprint density at radius 1 is 0.740 bits per heavy atom. The molecule has 2 N–H and O–H groups in total. The fourth-order valence-electron chi connectivity index (χ4n) is 13.7. The number of fused-ring (bicyclic) bond motifs is 4. The molecule has 0 aromatic heterocycles. The van der Waals surface area contributed by atoms with Crippen molar-refractivity contribution in [2.75, 3.05) is 0 Å². The zero-order valence-electron chi connectivity index (χ0n) is 31.5. The van der Waals surface area contributed by atoms with E-state index in [1.807, 2.05) is 5.57 Å². The van der Waals surface area contributed by atoms with Gasteiger partial charge in [-0.3, -0.25) is 9.80 Å². The Hall–Kier alpha value is -1.94. The van der Waals surface area contributed by atoms with E-state index >= 15 is 0 Å². The molecule has 0 amide bonds. The van der Waals surface area contributed by atoms with E-state index in [0.29, 0.717) is 35.9 Å². The summed E-state index contributed by atoms with van der Waals surface area (Å²) in [6, 6.07) is 3.60. The number of nitrogens with zero attached hydrogens (tertiary/aromatic N) is 2. The summed E-state index contributed by atoms with van der Waals surface area (Å²) in [6.45, 7) is 4.83. The van der Waals surface area contributed by atoms with Gasteiger partial charge in [0.2, 0.25) is 0 Å². The van der Waals surface area contributed by atoms with Crippen molar-refractivity contribution in [3.05, 3.63) is 82.5 Å². The highest BCUT2D eigenvalue weighted by atomic mass is 15.3. The van der Waals surface area contributed by atoms with Gasteiger partial charge in [-0.2, -0.15) is 0 Å². The molecule has 9 rings (SSSR count). The van der Waals surface area contributed by atoms with Gasteiger partial charge in [-0.1, -0.05) is 91.2 Å². The lowest BCUT2D eigenvalue weighted by atomic mass is 9.66. The third-order valence-electron chi connectivity index (χ3n) is 16.1. The summed E-state index contributed by atoms with van der Waals surface area (Å²) in [5, 5.41) is 0. The average molecular weight is 674 g/mol. The summed E-state index contributed by atoms with van der Waals surface area (Å²) in [4.78, 5) is 6.03. The van der Waals surface area contributed by atoms with Crippen LogP contribution >= 0.6 is 0 Å². The molecule has 3 heteroatoms. The smallest absolute Gasteiger partial charge is 0.0612 e. The molecule has 0 aromatic carbocycles. The minimum Gasteiger partial charge on any atom is -0.315 e. The molecular formula is C47H67N3. The highest BCUT2D eigenvalue weighted by molar-refractivity contribution is 5.41. The van der Waals surface area contributed by atoms with Gasteiger partial charge in [-0.05, 0) is 163 Å². The molecule has 12 atom stereocenters. The SMILES string of the molecule is CCC1C2C=C(C3CCC4C(C3)C3CCCCC3N4C3C=CC(C4=CC=CCC4)CC3)CCC2N(C2CCC(C)=C(C3=CC=CCC3)C2)C1N. The maximum absolute atomic E-state index is 7.32. The molecule has 9 aliphatic rings. The Morgan fingerprint density at radius 2 is 1.58 bits per heavy atom. The molecular weight excluding hydrogens is 607 g/mol. The van der Waals surface area contributed by atoms with Crippen molar-refractivity contribution in [1.29, 1.82) is 0 Å². The van der Waals surface area contributed by atoms with Gasteiger partial charge in [-0.15, -0.1) is 0 Å². The minimum absolute atomic E-state index is 0.214. The van der Waals surface area contributed by atoms with Gasteiger partial charge in [0, 0.05) is 30.2 Å². The van der Waals surface area contributed by atoms with Crippen LogP contribution in [0.2, 0.25) is 0 Å². The maximum Gasteiger partial charge on any atom is 0.0612 e. The zero-order valence-corrected chi connectivity index (χ0v) is 31.5. The summed E-state index contributed by atoms with van der Waals surface area (Å²) in [7, 11) is 0. The van der Waals surface area contributed by atoms with E-state index in [-0.39, 0.29) is 6.17 Å². The van der Waals surface area contributed by atoms with Crippen LogP contribution in [0.15, 0.2) is 82.5 Å². The molecule has 0 bridgehead atoms. The molecule has 2 heterocycles. The number of rotatable bonds is 6. The van der Waals surface area contributed by atoms with E-state index in [1.165, 1.54) is 122 Å². The van der Waals surface area contributed by atoms with Crippen molar-refractivity contribution in [3.63, 3.8) is 0 Å². The van der Waals surface area contributed by atoms with E-state index in [1.54, 1.807) is 22.3 Å². The lowest BCUT2D eigenvalue weighted by Gasteiger charge is -2.44. The predicted octanol–water partition coefficient (Wildman–Crippen LogP) is 10.7. The van der Waals surface area contributed by atoms with Crippen molar-refractivity contribution >= 4 is 0 Å². The minimum atomic E-state index is 0.214.